The van der Waals surface area contributed by atoms with Crippen molar-refractivity contribution in [3.05, 3.63) is 28.8 Å². The molecule has 90 valence electrons. The van der Waals surface area contributed by atoms with E-state index in [0.717, 1.165) is 11.3 Å². The highest BCUT2D eigenvalue weighted by Crippen LogP contribution is 2.30. The molecule has 0 saturated heterocycles. The molecule has 0 radical (unpaired) electrons. The van der Waals surface area contributed by atoms with Gasteiger partial charge in [0.1, 0.15) is 5.75 Å². The number of hydrogen-bond acceptors (Lipinski definition) is 3. The lowest BCUT2D eigenvalue weighted by Gasteiger charge is -2.18. The molecule has 0 unspecified atom stereocenters. The summed E-state index contributed by atoms with van der Waals surface area (Å²) in [6, 6.07) is 4.26. The van der Waals surface area contributed by atoms with Gasteiger partial charge in [-0.25, -0.2) is 0 Å². The van der Waals surface area contributed by atoms with E-state index in [-0.39, 0.29) is 0 Å². The van der Waals surface area contributed by atoms with Crippen molar-refractivity contribution in [1.29, 1.82) is 0 Å². The quantitative estimate of drug-likeness (QED) is 0.779. The predicted molar refractivity (Wildman–Crippen MR) is 65.7 cm³/mol. The van der Waals surface area contributed by atoms with E-state index >= 15 is 0 Å². The minimum absolute atomic E-state index is 0.475. The van der Waals surface area contributed by atoms with Crippen LogP contribution in [0.15, 0.2) is 12.1 Å². The lowest BCUT2D eigenvalue weighted by molar-refractivity contribution is 0.0858. The summed E-state index contributed by atoms with van der Waals surface area (Å²) in [6.07, 6.45) is 0. The Labute approximate surface area is 97.7 Å². The topological polar surface area (TPSA) is 30.5 Å². The Kier molecular flexibility index (Phi) is 4.77. The van der Waals surface area contributed by atoms with E-state index in [2.05, 4.69) is 38.4 Å². The highest BCUT2D eigenvalue weighted by molar-refractivity contribution is 5.47. The lowest BCUT2D eigenvalue weighted by Crippen LogP contribution is -2.14. The SMILES string of the molecule is CONCc1c(C(C)C)ccc(C)c1OC. The van der Waals surface area contributed by atoms with E-state index in [9.17, 15) is 0 Å². The van der Waals surface area contributed by atoms with Crippen LogP contribution in [-0.4, -0.2) is 14.2 Å². The number of hydrogen-bond donors (Lipinski definition) is 1. The van der Waals surface area contributed by atoms with Crippen molar-refractivity contribution in [2.75, 3.05) is 14.2 Å². The van der Waals surface area contributed by atoms with E-state index in [0.29, 0.717) is 12.5 Å². The largest absolute Gasteiger partial charge is 0.496 e. The van der Waals surface area contributed by atoms with Crippen molar-refractivity contribution in [3.8, 4) is 5.75 Å². The zero-order valence-corrected chi connectivity index (χ0v) is 10.8. The molecule has 0 aliphatic rings. The fourth-order valence-corrected chi connectivity index (χ4v) is 1.91. The number of ether oxygens (including phenoxy) is 1. The summed E-state index contributed by atoms with van der Waals surface area (Å²) in [7, 11) is 3.33. The van der Waals surface area contributed by atoms with Gasteiger partial charge in [-0.3, -0.25) is 0 Å². The molecule has 0 saturated carbocycles. The molecule has 16 heavy (non-hydrogen) atoms. The fourth-order valence-electron chi connectivity index (χ4n) is 1.91. The lowest BCUT2D eigenvalue weighted by atomic mass is 9.94. The van der Waals surface area contributed by atoms with Gasteiger partial charge >= 0.3 is 0 Å². The predicted octanol–water partition coefficient (Wildman–Crippen LogP) is 2.78. The molecule has 0 aromatic heterocycles. The molecule has 1 N–H and O–H groups in total. The van der Waals surface area contributed by atoms with Crippen LogP contribution in [0.3, 0.4) is 0 Å². The minimum atomic E-state index is 0.475. The van der Waals surface area contributed by atoms with Crippen molar-refractivity contribution in [2.45, 2.75) is 33.2 Å². The minimum Gasteiger partial charge on any atom is -0.496 e. The highest BCUT2D eigenvalue weighted by atomic mass is 16.6. The standard InChI is InChI=1S/C13H21NO2/c1-9(2)11-7-6-10(3)13(15-4)12(11)8-14-16-5/h6-7,9,14H,8H2,1-5H3. The summed E-state index contributed by atoms with van der Waals surface area (Å²) in [4.78, 5) is 4.91. The zero-order chi connectivity index (χ0) is 12.1. The van der Waals surface area contributed by atoms with Crippen LogP contribution in [0, 0.1) is 6.92 Å². The zero-order valence-electron chi connectivity index (χ0n) is 10.8. The molecule has 0 heterocycles. The van der Waals surface area contributed by atoms with E-state index in [1.807, 2.05) is 0 Å². The highest BCUT2D eigenvalue weighted by Gasteiger charge is 2.13. The third-order valence-corrected chi connectivity index (χ3v) is 2.71. The van der Waals surface area contributed by atoms with Gasteiger partial charge in [-0.05, 0) is 24.0 Å². The molecule has 1 aromatic carbocycles. The first-order valence-corrected chi connectivity index (χ1v) is 5.54. The Morgan fingerprint density at radius 1 is 1.25 bits per heavy atom. The average Bonchev–Trinajstić information content (AvgIpc) is 2.25. The van der Waals surface area contributed by atoms with Gasteiger partial charge in [0.15, 0.2) is 0 Å². The van der Waals surface area contributed by atoms with Gasteiger partial charge in [0.2, 0.25) is 0 Å². The van der Waals surface area contributed by atoms with Gasteiger partial charge in [0.25, 0.3) is 0 Å². The van der Waals surface area contributed by atoms with Crippen LogP contribution in [0.4, 0.5) is 0 Å². The molecular weight excluding hydrogens is 202 g/mol. The Morgan fingerprint density at radius 3 is 2.44 bits per heavy atom. The fraction of sp³-hybridized carbons (Fsp3) is 0.538. The van der Waals surface area contributed by atoms with Gasteiger partial charge in [0, 0.05) is 12.1 Å². The van der Waals surface area contributed by atoms with Gasteiger partial charge in [-0.15, -0.1) is 0 Å². The first-order valence-electron chi connectivity index (χ1n) is 5.54. The number of hydroxylamine groups is 1. The number of nitrogens with one attached hydrogen (secondary N) is 1. The summed E-state index contributed by atoms with van der Waals surface area (Å²) in [5.74, 6) is 1.43. The van der Waals surface area contributed by atoms with Crippen molar-refractivity contribution in [3.63, 3.8) is 0 Å². The first-order chi connectivity index (χ1) is 7.61. The number of rotatable bonds is 5. The summed E-state index contributed by atoms with van der Waals surface area (Å²) in [5, 5.41) is 0. The van der Waals surface area contributed by atoms with Crippen molar-refractivity contribution in [2.24, 2.45) is 0 Å². The van der Waals surface area contributed by atoms with Crippen LogP contribution in [0.5, 0.6) is 5.75 Å². The molecule has 1 aromatic rings. The van der Waals surface area contributed by atoms with Gasteiger partial charge < -0.3 is 9.57 Å². The second-order valence-electron chi connectivity index (χ2n) is 4.16. The summed E-state index contributed by atoms with van der Waals surface area (Å²) < 4.78 is 5.47. The van der Waals surface area contributed by atoms with Gasteiger partial charge in [-0.2, -0.15) is 5.48 Å². The smallest absolute Gasteiger partial charge is 0.126 e. The van der Waals surface area contributed by atoms with Crippen molar-refractivity contribution >= 4 is 0 Å². The normalized spacial score (nSPS) is 10.9. The number of aryl methyl sites for hydroxylation is 1. The Morgan fingerprint density at radius 2 is 1.94 bits per heavy atom. The third kappa shape index (κ3) is 2.74. The van der Waals surface area contributed by atoms with Crippen LogP contribution in [0.25, 0.3) is 0 Å². The summed E-state index contributed by atoms with van der Waals surface area (Å²) in [6.45, 7) is 7.08. The van der Waals surface area contributed by atoms with E-state index in [1.165, 1.54) is 11.1 Å². The molecule has 0 aliphatic heterocycles. The van der Waals surface area contributed by atoms with Crippen LogP contribution in [-0.2, 0) is 11.4 Å². The second kappa shape index (κ2) is 5.87. The maximum absolute atomic E-state index is 5.47. The maximum Gasteiger partial charge on any atom is 0.126 e. The molecule has 0 fully saturated rings. The summed E-state index contributed by atoms with van der Waals surface area (Å²) >= 11 is 0. The second-order valence-corrected chi connectivity index (χ2v) is 4.16. The van der Waals surface area contributed by atoms with Crippen molar-refractivity contribution in [1.82, 2.24) is 5.48 Å². The molecule has 0 amide bonds. The third-order valence-electron chi connectivity index (χ3n) is 2.71. The van der Waals surface area contributed by atoms with Crippen LogP contribution < -0.4 is 10.2 Å². The maximum atomic E-state index is 5.47. The molecule has 1 rings (SSSR count). The molecule has 0 bridgehead atoms. The van der Waals surface area contributed by atoms with E-state index in [1.54, 1.807) is 14.2 Å². The van der Waals surface area contributed by atoms with Gasteiger partial charge in [-0.1, -0.05) is 26.0 Å². The van der Waals surface area contributed by atoms with Crippen LogP contribution in [0.2, 0.25) is 0 Å². The molecule has 0 spiro atoms. The van der Waals surface area contributed by atoms with Crippen molar-refractivity contribution < 1.29 is 9.57 Å². The number of methoxy groups -OCH3 is 1. The molecule has 0 atom stereocenters. The Balaban J connectivity index is 3.18. The molecule has 3 heteroatoms. The van der Waals surface area contributed by atoms with Gasteiger partial charge in [0.05, 0.1) is 14.2 Å². The Hall–Kier alpha value is -1.06. The van der Waals surface area contributed by atoms with Crippen LogP contribution in [0.1, 0.15) is 36.5 Å². The monoisotopic (exact) mass is 223 g/mol. The summed E-state index contributed by atoms with van der Waals surface area (Å²) in [5.41, 5.74) is 6.51. The van der Waals surface area contributed by atoms with E-state index < -0.39 is 0 Å². The Bertz CT molecular complexity index is 348. The van der Waals surface area contributed by atoms with Crippen LogP contribution >= 0.6 is 0 Å². The molecular formula is C13H21NO2. The molecule has 3 nitrogen and oxygen atoms in total. The first kappa shape index (κ1) is 13.0. The number of benzene rings is 1. The molecule has 0 aliphatic carbocycles. The average molecular weight is 223 g/mol. The van der Waals surface area contributed by atoms with E-state index in [4.69, 9.17) is 9.57 Å².